The molecule has 0 saturated carbocycles. The highest BCUT2D eigenvalue weighted by atomic mass is 79.9. The van der Waals surface area contributed by atoms with Crippen LogP contribution in [0.2, 0.25) is 0 Å². The highest BCUT2D eigenvalue weighted by molar-refractivity contribution is 9.10. The number of aromatic nitrogens is 1. The molecule has 0 atom stereocenters. The predicted molar refractivity (Wildman–Crippen MR) is 55.7 cm³/mol. The molecule has 1 aromatic heterocycles. The first kappa shape index (κ1) is 10.5. The van der Waals surface area contributed by atoms with Crippen LogP contribution in [-0.4, -0.2) is 12.1 Å². The lowest BCUT2D eigenvalue weighted by Crippen LogP contribution is -2.29. The average molecular weight is 245 g/mol. The minimum absolute atomic E-state index is 0.442. The number of hydrogen-bond donors (Lipinski definition) is 1. The van der Waals surface area contributed by atoms with E-state index in [2.05, 4.69) is 20.9 Å². The van der Waals surface area contributed by atoms with E-state index in [0.29, 0.717) is 5.88 Å². The van der Waals surface area contributed by atoms with Crippen LogP contribution in [0.25, 0.3) is 0 Å². The lowest BCUT2D eigenvalue weighted by molar-refractivity contribution is 0.377. The molecule has 0 saturated heterocycles. The van der Waals surface area contributed by atoms with Gasteiger partial charge in [-0.1, -0.05) is 0 Å². The molecule has 0 fully saturated rings. The second kappa shape index (κ2) is 3.64. The normalized spacial score (nSPS) is 11.5. The maximum atomic E-state index is 5.96. The Labute approximate surface area is 86.4 Å². The molecule has 0 aliphatic heterocycles. The Bertz CT molecular complexity index is 307. The van der Waals surface area contributed by atoms with Crippen molar-refractivity contribution in [2.45, 2.75) is 19.4 Å². The van der Waals surface area contributed by atoms with Gasteiger partial charge < -0.3 is 10.5 Å². The molecule has 3 nitrogen and oxygen atoms in total. The van der Waals surface area contributed by atoms with Gasteiger partial charge in [-0.05, 0) is 35.8 Å². The third kappa shape index (κ3) is 2.42. The first-order valence-corrected chi connectivity index (χ1v) is 4.73. The molecule has 1 aromatic rings. The van der Waals surface area contributed by atoms with Crippen LogP contribution < -0.4 is 10.5 Å². The van der Waals surface area contributed by atoms with Crippen LogP contribution in [0.4, 0.5) is 0 Å². The summed E-state index contributed by atoms with van der Waals surface area (Å²) < 4.78 is 6.02. The summed E-state index contributed by atoms with van der Waals surface area (Å²) in [6.45, 7) is 3.83. The number of halogens is 1. The second-order valence-corrected chi connectivity index (χ2v) is 4.35. The number of methoxy groups -OCH3 is 1. The molecule has 4 heteroatoms. The third-order valence-corrected chi connectivity index (χ3v) is 2.14. The molecule has 0 bridgehead atoms. The first-order chi connectivity index (χ1) is 5.95. The topological polar surface area (TPSA) is 48.1 Å². The van der Waals surface area contributed by atoms with Crippen LogP contribution >= 0.6 is 15.9 Å². The van der Waals surface area contributed by atoms with Crippen LogP contribution in [-0.2, 0) is 5.54 Å². The van der Waals surface area contributed by atoms with Gasteiger partial charge in [-0.25, -0.2) is 4.98 Å². The van der Waals surface area contributed by atoms with Gasteiger partial charge in [0.05, 0.1) is 7.11 Å². The zero-order chi connectivity index (χ0) is 10.1. The monoisotopic (exact) mass is 244 g/mol. The van der Waals surface area contributed by atoms with Crippen LogP contribution in [0.1, 0.15) is 19.4 Å². The van der Waals surface area contributed by atoms with Crippen molar-refractivity contribution in [1.82, 2.24) is 4.98 Å². The van der Waals surface area contributed by atoms with Crippen LogP contribution in [0.5, 0.6) is 5.88 Å². The minimum Gasteiger partial charge on any atom is -0.481 e. The maximum absolute atomic E-state index is 5.96. The van der Waals surface area contributed by atoms with Crippen molar-refractivity contribution in [2.24, 2.45) is 5.73 Å². The Morgan fingerprint density at radius 2 is 2.15 bits per heavy atom. The molecular formula is C9H13BrN2O. The number of rotatable bonds is 2. The zero-order valence-electron chi connectivity index (χ0n) is 7.97. The molecule has 0 aliphatic rings. The van der Waals surface area contributed by atoms with Gasteiger partial charge >= 0.3 is 0 Å². The molecule has 0 aromatic carbocycles. The second-order valence-electron chi connectivity index (χ2n) is 3.43. The van der Waals surface area contributed by atoms with Crippen molar-refractivity contribution < 1.29 is 4.74 Å². The van der Waals surface area contributed by atoms with Crippen molar-refractivity contribution >= 4 is 15.9 Å². The predicted octanol–water partition coefficient (Wildman–Crippen LogP) is 2.05. The minimum atomic E-state index is -0.442. The summed E-state index contributed by atoms with van der Waals surface area (Å²) in [4.78, 5) is 4.11. The number of hydrogen-bond acceptors (Lipinski definition) is 3. The van der Waals surface area contributed by atoms with E-state index in [-0.39, 0.29) is 0 Å². The SMILES string of the molecule is COc1ncc(Br)cc1C(C)(C)N. The molecule has 0 spiro atoms. The molecule has 2 N–H and O–H groups in total. The molecular weight excluding hydrogens is 232 g/mol. The van der Waals surface area contributed by atoms with Gasteiger partial charge in [-0.15, -0.1) is 0 Å². The summed E-state index contributed by atoms with van der Waals surface area (Å²) in [6.07, 6.45) is 1.69. The van der Waals surface area contributed by atoms with Gasteiger partial charge in [0.25, 0.3) is 0 Å². The first-order valence-electron chi connectivity index (χ1n) is 3.94. The largest absolute Gasteiger partial charge is 0.481 e. The molecule has 0 radical (unpaired) electrons. The van der Waals surface area contributed by atoms with Crippen molar-refractivity contribution in [2.75, 3.05) is 7.11 Å². The van der Waals surface area contributed by atoms with Gasteiger partial charge in [0, 0.05) is 21.8 Å². The van der Waals surface area contributed by atoms with Crippen molar-refractivity contribution in [3.8, 4) is 5.88 Å². The molecule has 1 rings (SSSR count). The summed E-state index contributed by atoms with van der Waals surface area (Å²) in [7, 11) is 1.59. The molecule has 72 valence electrons. The fraction of sp³-hybridized carbons (Fsp3) is 0.444. The Morgan fingerprint density at radius 3 is 2.62 bits per heavy atom. The number of pyridine rings is 1. The summed E-state index contributed by atoms with van der Waals surface area (Å²) >= 11 is 3.34. The molecule has 1 heterocycles. The standard InChI is InChI=1S/C9H13BrN2O/c1-9(2,11)7-4-6(10)5-12-8(7)13-3/h4-5H,11H2,1-3H3. The number of nitrogens with zero attached hydrogens (tertiary/aromatic N) is 1. The zero-order valence-corrected chi connectivity index (χ0v) is 9.55. The summed E-state index contributed by atoms with van der Waals surface area (Å²) in [6, 6.07) is 1.92. The quantitative estimate of drug-likeness (QED) is 0.867. The fourth-order valence-corrected chi connectivity index (χ4v) is 1.38. The van der Waals surface area contributed by atoms with Crippen LogP contribution in [0.3, 0.4) is 0 Å². The number of nitrogens with two attached hydrogens (primary N) is 1. The molecule has 0 aliphatic carbocycles. The molecule has 0 unspecified atom stereocenters. The van der Waals surface area contributed by atoms with E-state index in [1.54, 1.807) is 13.3 Å². The molecule has 13 heavy (non-hydrogen) atoms. The van der Waals surface area contributed by atoms with Crippen molar-refractivity contribution in [1.29, 1.82) is 0 Å². The van der Waals surface area contributed by atoms with Crippen LogP contribution in [0, 0.1) is 0 Å². The van der Waals surface area contributed by atoms with Gasteiger partial charge in [-0.2, -0.15) is 0 Å². The maximum Gasteiger partial charge on any atom is 0.218 e. The van der Waals surface area contributed by atoms with E-state index >= 15 is 0 Å². The highest BCUT2D eigenvalue weighted by Gasteiger charge is 2.20. The van der Waals surface area contributed by atoms with E-state index in [0.717, 1.165) is 10.0 Å². The van der Waals surface area contributed by atoms with E-state index in [4.69, 9.17) is 10.5 Å². The van der Waals surface area contributed by atoms with Gasteiger partial charge in [0.15, 0.2) is 0 Å². The highest BCUT2D eigenvalue weighted by Crippen LogP contribution is 2.27. The van der Waals surface area contributed by atoms with Gasteiger partial charge in [0.1, 0.15) is 0 Å². The van der Waals surface area contributed by atoms with Gasteiger partial charge in [-0.3, -0.25) is 0 Å². The molecule has 0 amide bonds. The third-order valence-electron chi connectivity index (χ3n) is 1.71. The lowest BCUT2D eigenvalue weighted by Gasteiger charge is -2.21. The fourth-order valence-electron chi connectivity index (χ4n) is 1.05. The van der Waals surface area contributed by atoms with E-state index in [1.165, 1.54) is 0 Å². The van der Waals surface area contributed by atoms with E-state index in [9.17, 15) is 0 Å². The summed E-state index contributed by atoms with van der Waals surface area (Å²) in [5, 5.41) is 0. The Hall–Kier alpha value is -0.610. The Kier molecular flexibility index (Phi) is 2.93. The number of ether oxygens (including phenoxy) is 1. The Morgan fingerprint density at radius 1 is 1.54 bits per heavy atom. The van der Waals surface area contributed by atoms with Crippen molar-refractivity contribution in [3.05, 3.63) is 22.3 Å². The van der Waals surface area contributed by atoms with Crippen molar-refractivity contribution in [3.63, 3.8) is 0 Å². The lowest BCUT2D eigenvalue weighted by atomic mass is 9.97. The summed E-state index contributed by atoms with van der Waals surface area (Å²) in [5.74, 6) is 0.579. The van der Waals surface area contributed by atoms with Crippen LogP contribution in [0.15, 0.2) is 16.7 Å². The average Bonchev–Trinajstić information content (AvgIpc) is 2.03. The summed E-state index contributed by atoms with van der Waals surface area (Å²) in [5.41, 5.74) is 6.41. The van der Waals surface area contributed by atoms with E-state index < -0.39 is 5.54 Å². The van der Waals surface area contributed by atoms with E-state index in [1.807, 2.05) is 19.9 Å². The smallest absolute Gasteiger partial charge is 0.218 e. The Balaban J connectivity index is 3.24. The van der Waals surface area contributed by atoms with Gasteiger partial charge in [0.2, 0.25) is 5.88 Å².